The third kappa shape index (κ3) is 4.78. The van der Waals surface area contributed by atoms with Crippen molar-refractivity contribution in [1.82, 2.24) is 5.43 Å². The molecule has 1 N–H and O–H groups in total. The maximum atomic E-state index is 12.1. The summed E-state index contributed by atoms with van der Waals surface area (Å²) >= 11 is 7.51. The van der Waals surface area contributed by atoms with E-state index in [1.807, 2.05) is 48.5 Å². The van der Waals surface area contributed by atoms with Crippen molar-refractivity contribution in [3.8, 4) is 0 Å². The van der Waals surface area contributed by atoms with E-state index < -0.39 is 0 Å². The van der Waals surface area contributed by atoms with E-state index in [9.17, 15) is 4.79 Å². The van der Waals surface area contributed by atoms with Crippen LogP contribution in [0.5, 0.6) is 0 Å². The predicted molar refractivity (Wildman–Crippen MR) is 124 cm³/mol. The minimum Gasteiger partial charge on any atom is -0.273 e. The summed E-state index contributed by atoms with van der Waals surface area (Å²) in [6.45, 7) is 0. The Balaban J connectivity index is 1.44. The smallest absolute Gasteiger partial charge is 0.240 e. The van der Waals surface area contributed by atoms with Crippen LogP contribution in [0.25, 0.3) is 21.5 Å². The predicted octanol–water partition coefficient (Wildman–Crippen LogP) is 6.28. The van der Waals surface area contributed by atoms with E-state index in [4.69, 9.17) is 11.6 Å². The van der Waals surface area contributed by atoms with E-state index in [1.165, 1.54) is 0 Å². The summed E-state index contributed by atoms with van der Waals surface area (Å²) in [4.78, 5) is 13.2. The molecule has 0 aliphatic heterocycles. The number of nitrogens with zero attached hydrogens (tertiary/aromatic N) is 1. The maximum absolute atomic E-state index is 12.1. The van der Waals surface area contributed by atoms with Gasteiger partial charge in [0.1, 0.15) is 0 Å². The average Bonchev–Trinajstić information content (AvgIpc) is 2.74. The van der Waals surface area contributed by atoms with E-state index in [0.717, 1.165) is 32.0 Å². The number of carbonyl (C=O) groups is 1. The van der Waals surface area contributed by atoms with Crippen LogP contribution in [0.1, 0.15) is 12.0 Å². The molecule has 0 aromatic heterocycles. The monoisotopic (exact) mass is 418 g/mol. The number of hydrazone groups is 1. The van der Waals surface area contributed by atoms with Crippen LogP contribution in [-0.2, 0) is 4.79 Å². The van der Waals surface area contributed by atoms with Gasteiger partial charge in [-0.25, -0.2) is 5.43 Å². The number of hydrogen-bond acceptors (Lipinski definition) is 3. The minimum atomic E-state index is -0.104. The fraction of sp³-hybridized carbons (Fsp3) is 0.0833. The quantitative estimate of drug-likeness (QED) is 0.173. The van der Waals surface area contributed by atoms with Crippen molar-refractivity contribution in [2.24, 2.45) is 5.10 Å². The van der Waals surface area contributed by atoms with Crippen molar-refractivity contribution in [3.63, 3.8) is 0 Å². The highest BCUT2D eigenvalue weighted by Crippen LogP contribution is 2.27. The first-order valence-corrected chi connectivity index (χ1v) is 10.7. The molecule has 0 heterocycles. The van der Waals surface area contributed by atoms with Crippen LogP contribution in [0.4, 0.5) is 0 Å². The second kappa shape index (κ2) is 9.12. The highest BCUT2D eigenvalue weighted by molar-refractivity contribution is 7.99. The Morgan fingerprint density at radius 3 is 2.21 bits per heavy atom. The van der Waals surface area contributed by atoms with Crippen molar-refractivity contribution in [3.05, 3.63) is 89.4 Å². The molecular formula is C24H19ClN2OS. The lowest BCUT2D eigenvalue weighted by Crippen LogP contribution is -2.17. The van der Waals surface area contributed by atoms with Crippen LogP contribution in [0.2, 0.25) is 5.02 Å². The van der Waals surface area contributed by atoms with E-state index >= 15 is 0 Å². The summed E-state index contributed by atoms with van der Waals surface area (Å²) in [5, 5.41) is 9.47. The van der Waals surface area contributed by atoms with Crippen molar-refractivity contribution in [1.29, 1.82) is 0 Å². The van der Waals surface area contributed by atoms with Gasteiger partial charge in [0.2, 0.25) is 5.91 Å². The Morgan fingerprint density at radius 1 is 0.931 bits per heavy atom. The van der Waals surface area contributed by atoms with Gasteiger partial charge < -0.3 is 0 Å². The highest BCUT2D eigenvalue weighted by Gasteiger charge is 2.06. The molecule has 3 nitrogen and oxygen atoms in total. The molecule has 29 heavy (non-hydrogen) atoms. The Morgan fingerprint density at radius 2 is 1.55 bits per heavy atom. The first-order valence-electron chi connectivity index (χ1n) is 9.31. The van der Waals surface area contributed by atoms with Gasteiger partial charge in [-0.2, -0.15) is 5.10 Å². The fourth-order valence-corrected chi connectivity index (χ4v) is 4.18. The topological polar surface area (TPSA) is 41.5 Å². The van der Waals surface area contributed by atoms with Crippen molar-refractivity contribution in [2.75, 3.05) is 5.75 Å². The molecule has 1 amide bonds. The molecular weight excluding hydrogens is 400 g/mol. The van der Waals surface area contributed by atoms with Gasteiger partial charge in [-0.15, -0.1) is 11.8 Å². The van der Waals surface area contributed by atoms with Crippen LogP contribution in [0.3, 0.4) is 0 Å². The first kappa shape index (κ1) is 19.5. The van der Waals surface area contributed by atoms with E-state index in [-0.39, 0.29) is 5.91 Å². The lowest BCUT2D eigenvalue weighted by molar-refractivity contribution is -0.120. The summed E-state index contributed by atoms with van der Waals surface area (Å²) in [6.07, 6.45) is 2.13. The maximum Gasteiger partial charge on any atom is 0.240 e. The number of benzene rings is 4. The summed E-state index contributed by atoms with van der Waals surface area (Å²) in [6, 6.07) is 26.2. The van der Waals surface area contributed by atoms with Gasteiger partial charge >= 0.3 is 0 Å². The van der Waals surface area contributed by atoms with E-state index in [2.05, 4.69) is 40.9 Å². The molecule has 0 spiro atoms. The molecule has 0 fully saturated rings. The lowest BCUT2D eigenvalue weighted by Gasteiger charge is -2.08. The number of amides is 1. The number of thioether (sulfide) groups is 1. The van der Waals surface area contributed by atoms with Crippen molar-refractivity contribution in [2.45, 2.75) is 11.3 Å². The van der Waals surface area contributed by atoms with Gasteiger partial charge in [-0.05, 0) is 51.9 Å². The summed E-state index contributed by atoms with van der Waals surface area (Å²) in [5.41, 5.74) is 3.66. The van der Waals surface area contributed by atoms with Crippen molar-refractivity contribution >= 4 is 57.0 Å². The Bertz CT molecular complexity index is 1130. The molecule has 0 radical (unpaired) electrons. The minimum absolute atomic E-state index is 0.104. The van der Waals surface area contributed by atoms with Gasteiger partial charge in [0.15, 0.2) is 0 Å². The summed E-state index contributed by atoms with van der Waals surface area (Å²) in [5.74, 6) is 0.576. The Labute approximate surface area is 178 Å². The van der Waals surface area contributed by atoms with Crippen molar-refractivity contribution < 1.29 is 4.79 Å². The summed E-state index contributed by atoms with van der Waals surface area (Å²) < 4.78 is 0. The second-order valence-corrected chi connectivity index (χ2v) is 8.18. The standard InChI is InChI=1S/C24H19ClN2OS/c25-19-9-11-20(12-10-19)29-14-13-24(28)27-26-16-23-21-7-3-1-5-17(21)15-18-6-2-4-8-22(18)23/h1-12,15-16H,13-14H2,(H,27,28)/b26-16-. The SMILES string of the molecule is O=C(CCSc1ccc(Cl)cc1)N/N=C\c1c2ccccc2cc2ccccc12. The van der Waals surface area contributed by atoms with Gasteiger partial charge in [-0.3, -0.25) is 4.79 Å². The van der Waals surface area contributed by atoms with Crippen LogP contribution in [0.15, 0.2) is 88.9 Å². The van der Waals surface area contributed by atoms with Crippen LogP contribution in [0, 0.1) is 0 Å². The highest BCUT2D eigenvalue weighted by atomic mass is 35.5. The third-order valence-corrected chi connectivity index (χ3v) is 5.87. The first-order chi connectivity index (χ1) is 14.2. The molecule has 4 aromatic rings. The summed E-state index contributed by atoms with van der Waals surface area (Å²) in [7, 11) is 0. The molecule has 4 aromatic carbocycles. The number of halogens is 1. The Hall–Kier alpha value is -2.82. The number of nitrogens with one attached hydrogen (secondary N) is 1. The number of hydrogen-bond donors (Lipinski definition) is 1. The third-order valence-electron chi connectivity index (χ3n) is 4.61. The van der Waals surface area contributed by atoms with Crippen LogP contribution < -0.4 is 5.43 Å². The lowest BCUT2D eigenvalue weighted by atomic mass is 9.97. The van der Waals surface area contributed by atoms with Gasteiger partial charge in [0, 0.05) is 27.7 Å². The number of carbonyl (C=O) groups excluding carboxylic acids is 1. The zero-order chi connectivity index (χ0) is 20.1. The largest absolute Gasteiger partial charge is 0.273 e. The molecule has 5 heteroatoms. The number of fused-ring (bicyclic) bond motifs is 2. The molecule has 0 aliphatic rings. The molecule has 0 atom stereocenters. The molecule has 144 valence electrons. The fourth-order valence-electron chi connectivity index (χ4n) is 3.21. The average molecular weight is 419 g/mol. The zero-order valence-corrected chi connectivity index (χ0v) is 17.2. The molecule has 0 bridgehead atoms. The van der Waals surface area contributed by atoms with E-state index in [0.29, 0.717) is 17.2 Å². The molecule has 4 rings (SSSR count). The molecule has 0 aliphatic carbocycles. The molecule has 0 unspecified atom stereocenters. The molecule has 0 saturated heterocycles. The number of rotatable bonds is 6. The van der Waals surface area contributed by atoms with Crippen LogP contribution >= 0.6 is 23.4 Å². The van der Waals surface area contributed by atoms with Gasteiger partial charge in [0.25, 0.3) is 0 Å². The van der Waals surface area contributed by atoms with Gasteiger partial charge in [-0.1, -0.05) is 60.1 Å². The second-order valence-electron chi connectivity index (χ2n) is 6.58. The van der Waals surface area contributed by atoms with E-state index in [1.54, 1.807) is 18.0 Å². The van der Waals surface area contributed by atoms with Gasteiger partial charge in [0.05, 0.1) is 6.21 Å². The Kier molecular flexibility index (Phi) is 6.13. The normalized spacial score (nSPS) is 11.3. The molecule has 0 saturated carbocycles. The zero-order valence-electron chi connectivity index (χ0n) is 15.6. The van der Waals surface area contributed by atoms with Crippen LogP contribution in [-0.4, -0.2) is 17.9 Å².